The van der Waals surface area contributed by atoms with Crippen LogP contribution in [0, 0.1) is 13.8 Å². The fourth-order valence-electron chi connectivity index (χ4n) is 3.57. The van der Waals surface area contributed by atoms with Gasteiger partial charge in [-0.15, -0.1) is 10.2 Å². The molecule has 1 amide bonds. The van der Waals surface area contributed by atoms with Crippen LogP contribution < -0.4 is 10.7 Å². The standard InChI is InChI=1S/C22H26N6O2/c1-15-12-16(2)20-18(13-15)19(25-21(26-23)27-24-3)10-7-11-28(20)22(29)30-14-17-8-5-4-6-9-17/h4-6,8-9,12-13H,7,10-11,14,23H2,1-3H3/b25-19+,26-21-,27-24?. The third kappa shape index (κ3) is 4.89. The fourth-order valence-corrected chi connectivity index (χ4v) is 3.57. The third-order valence-electron chi connectivity index (χ3n) is 4.79. The summed E-state index contributed by atoms with van der Waals surface area (Å²) in [5, 5.41) is 11.2. The molecule has 0 atom stereocenters. The molecule has 0 saturated carbocycles. The largest absolute Gasteiger partial charge is 0.444 e. The van der Waals surface area contributed by atoms with E-state index in [1.807, 2.05) is 56.3 Å². The number of carbonyl (C=O) groups excluding carboxylic acids is 1. The Morgan fingerprint density at radius 2 is 1.97 bits per heavy atom. The number of fused-ring (bicyclic) bond motifs is 1. The number of nitrogens with zero attached hydrogens (tertiary/aromatic N) is 5. The van der Waals surface area contributed by atoms with E-state index in [2.05, 4.69) is 20.3 Å². The SMILES string of the molecule is CN=NC(=N\N)/N=C1\CCCN(C(=O)OCc2ccccc2)c2c(C)cc(C)cc21. The van der Waals surface area contributed by atoms with Crippen molar-refractivity contribution >= 4 is 23.5 Å². The Kier molecular flexibility index (Phi) is 6.90. The average Bonchev–Trinajstić information content (AvgIpc) is 2.92. The summed E-state index contributed by atoms with van der Waals surface area (Å²) in [5.74, 6) is 5.50. The van der Waals surface area contributed by atoms with Gasteiger partial charge in [0.1, 0.15) is 6.61 Å². The van der Waals surface area contributed by atoms with Crippen LogP contribution in [0.4, 0.5) is 10.5 Å². The van der Waals surface area contributed by atoms with Crippen molar-refractivity contribution < 1.29 is 9.53 Å². The van der Waals surface area contributed by atoms with Crippen molar-refractivity contribution in [3.63, 3.8) is 0 Å². The van der Waals surface area contributed by atoms with Gasteiger partial charge in [0, 0.05) is 19.2 Å². The second kappa shape index (κ2) is 9.78. The van der Waals surface area contributed by atoms with E-state index in [1.165, 1.54) is 7.05 Å². The smallest absolute Gasteiger partial charge is 0.414 e. The van der Waals surface area contributed by atoms with Gasteiger partial charge in [0.2, 0.25) is 0 Å². The van der Waals surface area contributed by atoms with E-state index in [-0.39, 0.29) is 18.7 Å². The molecule has 2 aromatic rings. The van der Waals surface area contributed by atoms with Crippen molar-refractivity contribution in [3.8, 4) is 0 Å². The topological polar surface area (TPSA) is 105 Å². The van der Waals surface area contributed by atoms with Gasteiger partial charge in [-0.2, -0.15) is 5.11 Å². The van der Waals surface area contributed by atoms with Crippen LogP contribution in [-0.2, 0) is 11.3 Å². The Bertz CT molecular complexity index is 998. The highest BCUT2D eigenvalue weighted by Gasteiger charge is 2.27. The van der Waals surface area contributed by atoms with Gasteiger partial charge < -0.3 is 10.6 Å². The Labute approximate surface area is 176 Å². The number of nitrogens with two attached hydrogens (primary N) is 1. The van der Waals surface area contributed by atoms with Gasteiger partial charge in [-0.1, -0.05) is 42.0 Å². The Balaban J connectivity index is 1.97. The molecule has 3 rings (SSSR count). The van der Waals surface area contributed by atoms with Gasteiger partial charge in [-0.25, -0.2) is 9.79 Å². The van der Waals surface area contributed by atoms with Gasteiger partial charge in [0.25, 0.3) is 5.96 Å². The van der Waals surface area contributed by atoms with E-state index >= 15 is 0 Å². The minimum atomic E-state index is -0.380. The lowest BCUT2D eigenvalue weighted by Gasteiger charge is -2.24. The van der Waals surface area contributed by atoms with Crippen molar-refractivity contribution in [2.45, 2.75) is 33.3 Å². The van der Waals surface area contributed by atoms with Crippen LogP contribution in [-0.4, -0.2) is 31.4 Å². The zero-order chi connectivity index (χ0) is 21.5. The molecule has 30 heavy (non-hydrogen) atoms. The number of guanidine groups is 1. The minimum Gasteiger partial charge on any atom is -0.444 e. The van der Waals surface area contributed by atoms with Gasteiger partial charge >= 0.3 is 6.09 Å². The number of hydrogen-bond donors (Lipinski definition) is 1. The van der Waals surface area contributed by atoms with Crippen LogP contribution in [0.2, 0.25) is 0 Å². The maximum atomic E-state index is 13.0. The van der Waals surface area contributed by atoms with E-state index in [0.29, 0.717) is 19.4 Å². The van der Waals surface area contributed by atoms with E-state index in [4.69, 9.17) is 10.6 Å². The summed E-state index contributed by atoms with van der Waals surface area (Å²) in [5.41, 5.74) is 5.40. The molecular weight excluding hydrogens is 380 g/mol. The van der Waals surface area contributed by atoms with Crippen LogP contribution in [0.5, 0.6) is 0 Å². The van der Waals surface area contributed by atoms with Crippen LogP contribution in [0.1, 0.15) is 35.1 Å². The predicted octanol–water partition coefficient (Wildman–Crippen LogP) is 4.34. The van der Waals surface area contributed by atoms with E-state index in [1.54, 1.807) is 4.90 Å². The summed E-state index contributed by atoms with van der Waals surface area (Å²) in [6.45, 7) is 4.74. The first kappa shape index (κ1) is 21.2. The third-order valence-corrected chi connectivity index (χ3v) is 4.79. The Hall–Kier alpha value is -3.55. The molecule has 0 fully saturated rings. The summed E-state index contributed by atoms with van der Waals surface area (Å²) >= 11 is 0. The number of benzene rings is 2. The van der Waals surface area contributed by atoms with Crippen LogP contribution in [0.25, 0.3) is 0 Å². The summed E-state index contributed by atoms with van der Waals surface area (Å²) in [6.07, 6.45) is 0.985. The molecule has 0 aliphatic carbocycles. The Morgan fingerprint density at radius 1 is 1.20 bits per heavy atom. The molecule has 1 aliphatic heterocycles. The maximum absolute atomic E-state index is 13.0. The molecule has 0 bridgehead atoms. The monoisotopic (exact) mass is 406 g/mol. The molecule has 1 heterocycles. The van der Waals surface area contributed by atoms with Crippen molar-refractivity contribution in [1.29, 1.82) is 0 Å². The molecule has 0 radical (unpaired) electrons. The van der Waals surface area contributed by atoms with Gasteiger partial charge in [-0.05, 0) is 43.9 Å². The molecule has 8 nitrogen and oxygen atoms in total. The van der Waals surface area contributed by atoms with Crippen molar-refractivity contribution in [2.24, 2.45) is 26.2 Å². The lowest BCUT2D eigenvalue weighted by molar-refractivity contribution is 0.147. The van der Waals surface area contributed by atoms with E-state index in [0.717, 1.165) is 33.7 Å². The number of aryl methyl sites for hydroxylation is 2. The molecule has 2 N–H and O–H groups in total. The second-order valence-electron chi connectivity index (χ2n) is 7.06. The number of azo groups is 1. The second-order valence-corrected chi connectivity index (χ2v) is 7.06. The first-order valence-electron chi connectivity index (χ1n) is 9.78. The van der Waals surface area contributed by atoms with Gasteiger partial charge in [0.05, 0.1) is 11.4 Å². The number of rotatable bonds is 2. The molecular formula is C22H26N6O2. The predicted molar refractivity (Wildman–Crippen MR) is 118 cm³/mol. The highest BCUT2D eigenvalue weighted by atomic mass is 16.6. The van der Waals surface area contributed by atoms with Crippen molar-refractivity contribution in [3.05, 3.63) is 64.7 Å². The van der Waals surface area contributed by atoms with Crippen molar-refractivity contribution in [2.75, 3.05) is 18.5 Å². The zero-order valence-corrected chi connectivity index (χ0v) is 17.5. The highest BCUT2D eigenvalue weighted by molar-refractivity contribution is 6.13. The molecule has 0 aromatic heterocycles. The normalized spacial score (nSPS) is 15.9. The lowest BCUT2D eigenvalue weighted by Crippen LogP contribution is -2.33. The minimum absolute atomic E-state index is 0.0951. The Morgan fingerprint density at radius 3 is 2.67 bits per heavy atom. The summed E-state index contributed by atoms with van der Waals surface area (Å²) < 4.78 is 5.61. The number of amides is 1. The first-order chi connectivity index (χ1) is 14.5. The molecule has 8 heteroatoms. The average molecular weight is 406 g/mol. The number of ether oxygens (including phenoxy) is 1. The quantitative estimate of drug-likeness (QED) is 0.264. The molecule has 0 spiro atoms. The molecule has 0 unspecified atom stereocenters. The van der Waals surface area contributed by atoms with Crippen LogP contribution in [0.3, 0.4) is 0 Å². The zero-order valence-electron chi connectivity index (χ0n) is 17.5. The van der Waals surface area contributed by atoms with Gasteiger partial charge in [-0.3, -0.25) is 4.90 Å². The highest BCUT2D eigenvalue weighted by Crippen LogP contribution is 2.32. The van der Waals surface area contributed by atoms with E-state index in [9.17, 15) is 4.79 Å². The lowest BCUT2D eigenvalue weighted by atomic mass is 9.99. The van der Waals surface area contributed by atoms with Crippen LogP contribution in [0.15, 0.2) is 62.8 Å². The maximum Gasteiger partial charge on any atom is 0.414 e. The summed E-state index contributed by atoms with van der Waals surface area (Å²) in [4.78, 5) is 19.2. The molecule has 1 aliphatic rings. The van der Waals surface area contributed by atoms with Gasteiger partial charge in [0.15, 0.2) is 0 Å². The van der Waals surface area contributed by atoms with Crippen LogP contribution >= 0.6 is 0 Å². The summed E-state index contributed by atoms with van der Waals surface area (Å²) in [6, 6.07) is 13.7. The number of anilines is 1. The van der Waals surface area contributed by atoms with E-state index < -0.39 is 0 Å². The first-order valence-corrected chi connectivity index (χ1v) is 9.78. The molecule has 0 saturated heterocycles. The van der Waals surface area contributed by atoms with Crippen molar-refractivity contribution in [1.82, 2.24) is 0 Å². The fraction of sp³-hybridized carbons (Fsp3) is 0.318. The number of hydrazone groups is 1. The molecule has 156 valence electrons. The number of hydrogen-bond acceptors (Lipinski definition) is 5. The summed E-state index contributed by atoms with van der Waals surface area (Å²) in [7, 11) is 1.53. The number of aliphatic imine (C=N–C) groups is 1. The molecule has 2 aromatic carbocycles. The number of carbonyl (C=O) groups is 1.